The topological polar surface area (TPSA) is 47.9 Å². The minimum absolute atomic E-state index is 0.189. The number of carbonyl (C=O) groups excluding carboxylic acids is 1. The Morgan fingerprint density at radius 2 is 2.12 bits per heavy atom. The number of hydrazone groups is 1. The van der Waals surface area contributed by atoms with E-state index in [-0.39, 0.29) is 11.9 Å². The average molecular weight is 391 g/mol. The van der Waals surface area contributed by atoms with Crippen molar-refractivity contribution in [1.82, 2.24) is 9.91 Å². The van der Waals surface area contributed by atoms with Gasteiger partial charge in [-0.3, -0.25) is 5.32 Å². The van der Waals surface area contributed by atoms with Gasteiger partial charge in [0.1, 0.15) is 0 Å². The van der Waals surface area contributed by atoms with Gasteiger partial charge < -0.3 is 4.90 Å². The van der Waals surface area contributed by atoms with Crippen LogP contribution in [0, 0.1) is 12.8 Å². The fraction of sp³-hybridized carbons (Fsp3) is 0.368. The SMILES string of the molecule is Cc1csc(NC(=O)N2CC(CCN(C)C)C(c3ccc(Cl)cc3)=N2)c1. The van der Waals surface area contributed by atoms with Gasteiger partial charge in [-0.15, -0.1) is 11.3 Å². The number of nitrogens with zero attached hydrogens (tertiary/aromatic N) is 3. The molecule has 1 atom stereocenters. The van der Waals surface area contributed by atoms with Gasteiger partial charge in [-0.2, -0.15) is 5.10 Å². The summed E-state index contributed by atoms with van der Waals surface area (Å²) in [6, 6.07) is 9.43. The van der Waals surface area contributed by atoms with Crippen LogP contribution in [-0.2, 0) is 0 Å². The van der Waals surface area contributed by atoms with E-state index < -0.39 is 0 Å². The molecule has 1 N–H and O–H groups in total. The summed E-state index contributed by atoms with van der Waals surface area (Å²) in [6.45, 7) is 3.54. The first-order chi connectivity index (χ1) is 12.4. The maximum atomic E-state index is 12.6. The predicted octanol–water partition coefficient (Wildman–Crippen LogP) is 4.53. The Hall–Kier alpha value is -1.89. The van der Waals surface area contributed by atoms with Crippen molar-refractivity contribution in [3.05, 3.63) is 51.9 Å². The van der Waals surface area contributed by atoms with Gasteiger partial charge in [-0.25, -0.2) is 9.80 Å². The molecule has 1 aromatic heterocycles. The predicted molar refractivity (Wildman–Crippen MR) is 109 cm³/mol. The van der Waals surface area contributed by atoms with Gasteiger partial charge in [0.15, 0.2) is 0 Å². The number of hydrogen-bond donors (Lipinski definition) is 1. The first kappa shape index (κ1) is 18.9. The molecule has 2 amide bonds. The molecule has 3 rings (SSSR count). The molecule has 0 fully saturated rings. The lowest BCUT2D eigenvalue weighted by atomic mass is 9.94. The van der Waals surface area contributed by atoms with E-state index >= 15 is 0 Å². The number of hydrogen-bond acceptors (Lipinski definition) is 4. The van der Waals surface area contributed by atoms with E-state index in [0.29, 0.717) is 11.6 Å². The highest BCUT2D eigenvalue weighted by Gasteiger charge is 2.31. The molecule has 2 aromatic rings. The van der Waals surface area contributed by atoms with Crippen LogP contribution in [-0.4, -0.2) is 48.8 Å². The summed E-state index contributed by atoms with van der Waals surface area (Å²) < 4.78 is 0. The second kappa shape index (κ2) is 8.20. The standard InChI is InChI=1S/C19H23ClN4OS/c1-13-10-17(26-12-13)21-19(25)24-11-15(8-9-23(2)3)18(22-24)14-4-6-16(20)7-5-14/h4-7,10,12,15H,8-9,11H2,1-3H3,(H,21,25). The molecule has 1 aliphatic rings. The van der Waals surface area contributed by atoms with E-state index in [9.17, 15) is 4.79 Å². The van der Waals surface area contributed by atoms with Gasteiger partial charge in [-0.05, 0) is 68.7 Å². The van der Waals surface area contributed by atoms with Crippen molar-refractivity contribution >= 4 is 39.7 Å². The van der Waals surface area contributed by atoms with Crippen molar-refractivity contribution < 1.29 is 4.79 Å². The lowest BCUT2D eigenvalue weighted by Gasteiger charge is -2.17. The van der Waals surface area contributed by atoms with Gasteiger partial charge in [0.2, 0.25) is 0 Å². The zero-order valence-electron chi connectivity index (χ0n) is 15.2. The smallest absolute Gasteiger partial charge is 0.309 e. The van der Waals surface area contributed by atoms with Crippen molar-refractivity contribution in [3.8, 4) is 0 Å². The molecular weight excluding hydrogens is 368 g/mol. The molecule has 1 unspecified atom stereocenters. The van der Waals surface area contributed by atoms with Crippen LogP contribution < -0.4 is 5.32 Å². The maximum absolute atomic E-state index is 12.6. The molecule has 0 radical (unpaired) electrons. The molecule has 2 heterocycles. The molecule has 1 aromatic carbocycles. The van der Waals surface area contributed by atoms with E-state index in [4.69, 9.17) is 11.6 Å². The molecule has 1 aliphatic heterocycles. The van der Waals surface area contributed by atoms with Crippen LogP contribution in [0.15, 0.2) is 40.8 Å². The average Bonchev–Trinajstić information content (AvgIpc) is 3.20. The van der Waals surface area contributed by atoms with Crippen LogP contribution >= 0.6 is 22.9 Å². The maximum Gasteiger partial charge on any atom is 0.342 e. The molecule has 0 bridgehead atoms. The number of aryl methyl sites for hydroxylation is 1. The van der Waals surface area contributed by atoms with Crippen molar-refractivity contribution in [2.45, 2.75) is 13.3 Å². The number of benzene rings is 1. The quantitative estimate of drug-likeness (QED) is 0.815. The van der Waals surface area contributed by atoms with E-state index in [1.54, 1.807) is 5.01 Å². The first-order valence-corrected chi connectivity index (χ1v) is 9.81. The molecule has 7 heteroatoms. The number of thiophene rings is 1. The summed E-state index contributed by atoms with van der Waals surface area (Å²) in [4.78, 5) is 14.8. The molecule has 0 spiro atoms. The van der Waals surface area contributed by atoms with Gasteiger partial charge in [-0.1, -0.05) is 23.7 Å². The molecule has 26 heavy (non-hydrogen) atoms. The largest absolute Gasteiger partial charge is 0.342 e. The number of halogens is 1. The Balaban J connectivity index is 1.78. The summed E-state index contributed by atoms with van der Waals surface area (Å²) >= 11 is 7.53. The number of urea groups is 1. The number of carbonyl (C=O) groups is 1. The number of anilines is 1. The third-order valence-corrected chi connectivity index (χ3v) is 5.48. The number of nitrogens with one attached hydrogen (secondary N) is 1. The van der Waals surface area contributed by atoms with Gasteiger partial charge in [0.05, 0.1) is 17.3 Å². The van der Waals surface area contributed by atoms with Gasteiger partial charge in [0, 0.05) is 10.9 Å². The molecule has 138 valence electrons. The van der Waals surface area contributed by atoms with Crippen molar-refractivity contribution in [1.29, 1.82) is 0 Å². The number of amides is 2. The third kappa shape index (κ3) is 4.63. The highest BCUT2D eigenvalue weighted by Crippen LogP contribution is 2.26. The van der Waals surface area contributed by atoms with Crippen LogP contribution in [0.3, 0.4) is 0 Å². The fourth-order valence-electron chi connectivity index (χ4n) is 2.90. The number of rotatable bonds is 5. The summed E-state index contributed by atoms with van der Waals surface area (Å²) in [7, 11) is 4.11. The normalized spacial score (nSPS) is 16.9. The molecular formula is C19H23ClN4OS. The zero-order valence-corrected chi connectivity index (χ0v) is 16.8. The third-order valence-electron chi connectivity index (χ3n) is 4.27. The van der Waals surface area contributed by atoms with Crippen LogP contribution in [0.25, 0.3) is 0 Å². The van der Waals surface area contributed by atoms with Crippen molar-refractivity contribution in [3.63, 3.8) is 0 Å². The first-order valence-electron chi connectivity index (χ1n) is 8.55. The Bertz CT molecular complexity index is 800. The van der Waals surface area contributed by atoms with Crippen LogP contribution in [0.1, 0.15) is 17.5 Å². The molecule has 0 saturated heterocycles. The Morgan fingerprint density at radius 3 is 2.73 bits per heavy atom. The monoisotopic (exact) mass is 390 g/mol. The lowest BCUT2D eigenvalue weighted by Crippen LogP contribution is -2.31. The lowest BCUT2D eigenvalue weighted by molar-refractivity contribution is 0.214. The second-order valence-electron chi connectivity index (χ2n) is 6.78. The van der Waals surface area contributed by atoms with Crippen molar-refractivity contribution in [2.75, 3.05) is 32.5 Å². The van der Waals surface area contributed by atoms with E-state index in [1.807, 2.05) is 42.6 Å². The van der Waals surface area contributed by atoms with Gasteiger partial charge >= 0.3 is 6.03 Å². The Morgan fingerprint density at radius 1 is 1.38 bits per heavy atom. The highest BCUT2D eigenvalue weighted by molar-refractivity contribution is 7.14. The van der Waals surface area contributed by atoms with Crippen molar-refractivity contribution in [2.24, 2.45) is 11.0 Å². The fourth-order valence-corrected chi connectivity index (χ4v) is 3.81. The summed E-state index contributed by atoms with van der Waals surface area (Å²) in [5.74, 6) is 0.203. The van der Waals surface area contributed by atoms with E-state index in [2.05, 4.69) is 29.4 Å². The second-order valence-corrected chi connectivity index (χ2v) is 8.13. The highest BCUT2D eigenvalue weighted by atomic mass is 35.5. The minimum Gasteiger partial charge on any atom is -0.309 e. The van der Waals surface area contributed by atoms with Gasteiger partial charge in [0.25, 0.3) is 0 Å². The summed E-state index contributed by atoms with van der Waals surface area (Å²) in [5, 5.41) is 12.7. The van der Waals surface area contributed by atoms with E-state index in [0.717, 1.165) is 34.8 Å². The van der Waals surface area contributed by atoms with Crippen LogP contribution in [0.4, 0.5) is 9.80 Å². The molecule has 0 saturated carbocycles. The summed E-state index contributed by atoms with van der Waals surface area (Å²) in [6.07, 6.45) is 0.941. The Labute approximate surface area is 163 Å². The van der Waals surface area contributed by atoms with Crippen LogP contribution in [0.5, 0.6) is 0 Å². The molecule has 5 nitrogen and oxygen atoms in total. The van der Waals surface area contributed by atoms with E-state index in [1.165, 1.54) is 11.3 Å². The summed E-state index contributed by atoms with van der Waals surface area (Å²) in [5.41, 5.74) is 3.10. The van der Waals surface area contributed by atoms with Crippen LogP contribution in [0.2, 0.25) is 5.02 Å². The Kier molecular flexibility index (Phi) is 5.96. The minimum atomic E-state index is -0.189. The zero-order chi connectivity index (χ0) is 18.7. The molecule has 0 aliphatic carbocycles.